The van der Waals surface area contributed by atoms with Crippen LogP contribution in [0.5, 0.6) is 11.5 Å². The Hall–Kier alpha value is -2.26. The van der Waals surface area contributed by atoms with E-state index < -0.39 is 22.1 Å². The van der Waals surface area contributed by atoms with Gasteiger partial charge in [-0.1, -0.05) is 25.0 Å². The first-order valence-electron chi connectivity index (χ1n) is 9.14. The predicted molar refractivity (Wildman–Crippen MR) is 101 cm³/mol. The molecule has 1 N–H and O–H groups in total. The maximum atomic E-state index is 12.7. The van der Waals surface area contributed by atoms with Crippen LogP contribution in [-0.4, -0.2) is 28.4 Å². The minimum absolute atomic E-state index is 0.116. The third kappa shape index (κ3) is 5.22. The summed E-state index contributed by atoms with van der Waals surface area (Å²) in [5, 5.41) is 0. The molecule has 0 saturated heterocycles. The predicted octanol–water partition coefficient (Wildman–Crippen LogP) is 4.38. The zero-order valence-electron chi connectivity index (χ0n) is 15.8. The normalized spacial score (nSPS) is 16.6. The van der Waals surface area contributed by atoms with Crippen molar-refractivity contribution in [2.24, 2.45) is 0 Å². The van der Waals surface area contributed by atoms with Crippen LogP contribution in [0.1, 0.15) is 31.2 Å². The number of hydrogen-bond acceptors (Lipinski definition) is 4. The molecule has 0 bridgehead atoms. The SMILES string of the molecule is COc1ccc(C2(CNS(=O)(=O)c3ccc(OC(F)(F)F)cc3)CCCC2)cc1. The van der Waals surface area contributed by atoms with Gasteiger partial charge in [-0.05, 0) is 54.8 Å². The molecule has 1 saturated carbocycles. The fourth-order valence-corrected chi connectivity index (χ4v) is 4.83. The van der Waals surface area contributed by atoms with E-state index in [1.807, 2.05) is 24.3 Å². The molecule has 0 aromatic heterocycles. The first-order valence-corrected chi connectivity index (χ1v) is 10.6. The van der Waals surface area contributed by atoms with E-state index in [0.29, 0.717) is 0 Å². The minimum Gasteiger partial charge on any atom is -0.497 e. The number of halogens is 3. The number of nitrogens with one attached hydrogen (secondary N) is 1. The first-order chi connectivity index (χ1) is 13.6. The third-order valence-corrected chi connectivity index (χ3v) is 6.65. The highest BCUT2D eigenvalue weighted by atomic mass is 32.2. The van der Waals surface area contributed by atoms with E-state index in [1.165, 1.54) is 0 Å². The van der Waals surface area contributed by atoms with Crippen molar-refractivity contribution < 1.29 is 31.1 Å². The summed E-state index contributed by atoms with van der Waals surface area (Å²) < 4.78 is 73.7. The van der Waals surface area contributed by atoms with E-state index in [0.717, 1.165) is 61.3 Å². The minimum atomic E-state index is -4.83. The van der Waals surface area contributed by atoms with E-state index in [4.69, 9.17) is 4.74 Å². The molecule has 0 aliphatic heterocycles. The van der Waals surface area contributed by atoms with Crippen molar-refractivity contribution in [1.29, 1.82) is 0 Å². The molecule has 2 aromatic rings. The second-order valence-electron chi connectivity index (χ2n) is 7.06. The van der Waals surface area contributed by atoms with Gasteiger partial charge in [-0.2, -0.15) is 0 Å². The zero-order chi connectivity index (χ0) is 21.1. The summed E-state index contributed by atoms with van der Waals surface area (Å²) in [7, 11) is -2.30. The summed E-state index contributed by atoms with van der Waals surface area (Å²) in [6.07, 6.45) is -1.14. The van der Waals surface area contributed by atoms with Gasteiger partial charge in [0.1, 0.15) is 11.5 Å². The lowest BCUT2D eigenvalue weighted by Crippen LogP contribution is -2.39. The molecule has 0 heterocycles. The van der Waals surface area contributed by atoms with Gasteiger partial charge in [-0.25, -0.2) is 13.1 Å². The molecule has 29 heavy (non-hydrogen) atoms. The smallest absolute Gasteiger partial charge is 0.497 e. The molecule has 0 radical (unpaired) electrons. The van der Waals surface area contributed by atoms with Gasteiger partial charge in [0.05, 0.1) is 12.0 Å². The van der Waals surface area contributed by atoms with Crippen LogP contribution >= 0.6 is 0 Å². The van der Waals surface area contributed by atoms with Crippen molar-refractivity contribution in [1.82, 2.24) is 4.72 Å². The average Bonchev–Trinajstić information content (AvgIpc) is 3.16. The van der Waals surface area contributed by atoms with Crippen LogP contribution in [0.15, 0.2) is 53.4 Å². The summed E-state index contributed by atoms with van der Waals surface area (Å²) in [6.45, 7) is 0.211. The van der Waals surface area contributed by atoms with Gasteiger partial charge in [0, 0.05) is 12.0 Å². The molecule has 5 nitrogen and oxygen atoms in total. The largest absolute Gasteiger partial charge is 0.573 e. The Morgan fingerprint density at radius 2 is 1.52 bits per heavy atom. The van der Waals surface area contributed by atoms with Gasteiger partial charge >= 0.3 is 6.36 Å². The number of sulfonamides is 1. The van der Waals surface area contributed by atoms with Crippen LogP contribution in [-0.2, 0) is 15.4 Å². The molecule has 1 aliphatic carbocycles. The molecule has 1 fully saturated rings. The number of benzene rings is 2. The van der Waals surface area contributed by atoms with E-state index in [1.54, 1.807) is 7.11 Å². The van der Waals surface area contributed by atoms with Gasteiger partial charge in [-0.3, -0.25) is 0 Å². The molecule has 0 amide bonds. The maximum Gasteiger partial charge on any atom is 0.573 e. The second-order valence-corrected chi connectivity index (χ2v) is 8.83. The number of hydrogen-bond donors (Lipinski definition) is 1. The Balaban J connectivity index is 1.75. The number of rotatable bonds is 7. The monoisotopic (exact) mass is 429 g/mol. The van der Waals surface area contributed by atoms with Crippen molar-refractivity contribution in [2.75, 3.05) is 13.7 Å². The zero-order valence-corrected chi connectivity index (χ0v) is 16.6. The van der Waals surface area contributed by atoms with E-state index in [2.05, 4.69) is 9.46 Å². The van der Waals surface area contributed by atoms with Crippen molar-refractivity contribution >= 4 is 10.0 Å². The maximum absolute atomic E-state index is 12.7. The Bertz CT molecular complexity index is 920. The van der Waals surface area contributed by atoms with Crippen molar-refractivity contribution in [3.05, 3.63) is 54.1 Å². The van der Waals surface area contributed by atoms with Crippen molar-refractivity contribution in [2.45, 2.75) is 42.4 Å². The summed E-state index contributed by atoms with van der Waals surface area (Å²) in [4.78, 5) is -0.116. The van der Waals surface area contributed by atoms with Crippen LogP contribution in [0.2, 0.25) is 0 Å². The van der Waals surface area contributed by atoms with Gasteiger partial charge in [0.25, 0.3) is 0 Å². The average molecular weight is 429 g/mol. The molecule has 0 unspecified atom stereocenters. The van der Waals surface area contributed by atoms with E-state index in [9.17, 15) is 21.6 Å². The molecule has 1 aliphatic rings. The number of ether oxygens (including phenoxy) is 2. The van der Waals surface area contributed by atoms with E-state index >= 15 is 0 Å². The van der Waals surface area contributed by atoms with E-state index in [-0.39, 0.29) is 16.9 Å². The standard InChI is InChI=1S/C20H22F3NO4S/c1-27-16-6-4-15(5-7-16)19(12-2-3-13-19)14-24-29(25,26)18-10-8-17(9-11-18)28-20(21,22)23/h4-11,24H,2-3,12-14H2,1H3. The molecule has 0 atom stereocenters. The highest BCUT2D eigenvalue weighted by molar-refractivity contribution is 7.89. The summed E-state index contributed by atoms with van der Waals surface area (Å²) in [5.74, 6) is 0.255. The summed E-state index contributed by atoms with van der Waals surface area (Å²) in [5.41, 5.74) is 0.714. The van der Waals surface area contributed by atoms with Crippen molar-refractivity contribution in [3.63, 3.8) is 0 Å². The van der Waals surface area contributed by atoms with Crippen LogP contribution < -0.4 is 14.2 Å². The molecule has 9 heteroatoms. The topological polar surface area (TPSA) is 64.6 Å². The Labute approximate surface area is 167 Å². The van der Waals surface area contributed by atoms with Crippen LogP contribution in [0.25, 0.3) is 0 Å². The van der Waals surface area contributed by atoms with Gasteiger partial charge in [0.2, 0.25) is 10.0 Å². The van der Waals surface area contributed by atoms with Crippen LogP contribution in [0.4, 0.5) is 13.2 Å². The lowest BCUT2D eigenvalue weighted by atomic mass is 9.79. The fraction of sp³-hybridized carbons (Fsp3) is 0.400. The summed E-state index contributed by atoms with van der Waals surface area (Å²) in [6, 6.07) is 11.7. The van der Waals surface area contributed by atoms with Gasteiger partial charge < -0.3 is 9.47 Å². The van der Waals surface area contributed by atoms with Crippen LogP contribution in [0, 0.1) is 0 Å². The van der Waals surface area contributed by atoms with Gasteiger partial charge in [0.15, 0.2) is 0 Å². The Kier molecular flexibility index (Phi) is 6.09. The highest BCUT2D eigenvalue weighted by Crippen LogP contribution is 2.41. The first kappa shape index (κ1) is 21.4. The van der Waals surface area contributed by atoms with Crippen LogP contribution in [0.3, 0.4) is 0 Å². The molecular formula is C20H22F3NO4S. The quantitative estimate of drug-likeness (QED) is 0.709. The van der Waals surface area contributed by atoms with Crippen molar-refractivity contribution in [3.8, 4) is 11.5 Å². The molecular weight excluding hydrogens is 407 g/mol. The lowest BCUT2D eigenvalue weighted by Gasteiger charge is -2.30. The molecule has 3 rings (SSSR count). The number of alkyl halides is 3. The second kappa shape index (κ2) is 8.23. The third-order valence-electron chi connectivity index (χ3n) is 5.23. The summed E-state index contributed by atoms with van der Waals surface area (Å²) >= 11 is 0. The Morgan fingerprint density at radius 3 is 2.03 bits per heavy atom. The molecule has 2 aromatic carbocycles. The molecule has 0 spiro atoms. The highest BCUT2D eigenvalue weighted by Gasteiger charge is 2.37. The lowest BCUT2D eigenvalue weighted by molar-refractivity contribution is -0.274. The number of methoxy groups -OCH3 is 1. The Morgan fingerprint density at radius 1 is 0.966 bits per heavy atom. The molecule has 158 valence electrons. The van der Waals surface area contributed by atoms with Gasteiger partial charge in [-0.15, -0.1) is 13.2 Å². The fourth-order valence-electron chi connectivity index (χ4n) is 3.70.